The molecule has 0 radical (unpaired) electrons. The highest BCUT2D eigenvalue weighted by atomic mass is 16.2. The van der Waals surface area contributed by atoms with E-state index < -0.39 is 0 Å². The number of likely N-dealkylation sites (tertiary alicyclic amines) is 1. The van der Waals surface area contributed by atoms with Crippen molar-refractivity contribution >= 4 is 11.8 Å². The molecule has 5 heteroatoms. The minimum atomic E-state index is -0.151. The van der Waals surface area contributed by atoms with Gasteiger partial charge >= 0.3 is 0 Å². The molecule has 1 saturated heterocycles. The average molecular weight is 269 g/mol. The zero-order valence-corrected chi connectivity index (χ0v) is 12.4. The highest BCUT2D eigenvalue weighted by molar-refractivity contribution is 5.96. The third-order valence-electron chi connectivity index (χ3n) is 3.55. The minimum absolute atomic E-state index is 0.00363. The molecule has 0 saturated carbocycles. The van der Waals surface area contributed by atoms with Gasteiger partial charge in [0.25, 0.3) is 0 Å². The summed E-state index contributed by atoms with van der Waals surface area (Å²) in [6, 6.07) is 0. The highest BCUT2D eigenvalue weighted by Gasteiger charge is 2.21. The molecule has 0 spiro atoms. The van der Waals surface area contributed by atoms with Gasteiger partial charge in [-0.3, -0.25) is 9.59 Å². The normalized spacial score (nSPS) is 16.7. The molecule has 19 heavy (non-hydrogen) atoms. The molecule has 1 N–H and O–H groups in total. The number of nitrogens with one attached hydrogen (secondary N) is 1. The smallest absolute Gasteiger partial charge is 0.232 e. The number of nitrogens with zero attached hydrogens (tertiary/aromatic N) is 2. The number of carbonyl (C=O) groups excluding carboxylic acids is 2. The Balaban J connectivity index is 2.15. The number of hydrogen-bond acceptors (Lipinski definition) is 3. The van der Waals surface area contributed by atoms with Crippen molar-refractivity contribution in [3.63, 3.8) is 0 Å². The number of hydrogen-bond donors (Lipinski definition) is 1. The maximum Gasteiger partial charge on any atom is 0.232 e. The van der Waals surface area contributed by atoms with Crippen molar-refractivity contribution < 1.29 is 9.59 Å². The number of carbonyl (C=O) groups is 2. The topological polar surface area (TPSA) is 52.7 Å². The van der Waals surface area contributed by atoms with Crippen LogP contribution in [0.15, 0.2) is 0 Å². The van der Waals surface area contributed by atoms with Crippen LogP contribution in [-0.4, -0.2) is 61.9 Å². The highest BCUT2D eigenvalue weighted by Crippen LogP contribution is 2.16. The molecule has 1 rings (SSSR count). The van der Waals surface area contributed by atoms with Gasteiger partial charge in [0.2, 0.25) is 11.8 Å². The summed E-state index contributed by atoms with van der Waals surface area (Å²) in [7, 11) is 4.01. The number of rotatable bonds is 6. The lowest BCUT2D eigenvalue weighted by atomic mass is 9.99. The van der Waals surface area contributed by atoms with E-state index in [1.54, 1.807) is 0 Å². The quantitative estimate of drug-likeness (QED) is 0.570. The van der Waals surface area contributed by atoms with Crippen molar-refractivity contribution in [2.45, 2.75) is 32.6 Å². The second kappa shape index (κ2) is 8.15. The summed E-state index contributed by atoms with van der Waals surface area (Å²) in [5, 5.41) is 2.80. The Morgan fingerprint density at radius 1 is 1.26 bits per heavy atom. The zero-order valence-electron chi connectivity index (χ0n) is 12.4. The van der Waals surface area contributed by atoms with Gasteiger partial charge in [-0.2, -0.15) is 0 Å². The molecule has 5 nitrogen and oxygen atoms in total. The van der Waals surface area contributed by atoms with Crippen LogP contribution in [0.25, 0.3) is 0 Å². The van der Waals surface area contributed by atoms with Gasteiger partial charge in [-0.15, -0.1) is 0 Å². The van der Waals surface area contributed by atoms with Crippen molar-refractivity contribution in [1.82, 2.24) is 15.1 Å². The standard InChI is InChI=1S/C14H27N3O2/c1-12-5-9-17(10-6-12)14(19)11-13(18)15-7-4-8-16(2)3/h12H,4-11H2,1-3H3,(H,15,18). The first kappa shape index (κ1) is 16.0. The van der Waals surface area contributed by atoms with Crippen LogP contribution >= 0.6 is 0 Å². The van der Waals surface area contributed by atoms with E-state index in [1.165, 1.54) is 0 Å². The molecule has 0 bridgehead atoms. The van der Waals surface area contributed by atoms with Crippen molar-refractivity contribution in [3.05, 3.63) is 0 Å². The van der Waals surface area contributed by atoms with E-state index in [-0.39, 0.29) is 18.2 Å². The van der Waals surface area contributed by atoms with Gasteiger partial charge in [-0.25, -0.2) is 0 Å². The van der Waals surface area contributed by atoms with Crippen LogP contribution < -0.4 is 5.32 Å². The van der Waals surface area contributed by atoms with Gasteiger partial charge < -0.3 is 15.1 Å². The first-order chi connectivity index (χ1) is 8.99. The lowest BCUT2D eigenvalue weighted by Gasteiger charge is -2.30. The Morgan fingerprint density at radius 2 is 1.89 bits per heavy atom. The van der Waals surface area contributed by atoms with Crippen molar-refractivity contribution in [2.24, 2.45) is 5.92 Å². The molecule has 110 valence electrons. The fraction of sp³-hybridized carbons (Fsp3) is 0.857. The third-order valence-corrected chi connectivity index (χ3v) is 3.55. The summed E-state index contributed by atoms with van der Waals surface area (Å²) < 4.78 is 0. The molecule has 0 aliphatic carbocycles. The molecule has 0 unspecified atom stereocenters. The second-order valence-electron chi connectivity index (χ2n) is 5.75. The first-order valence-electron chi connectivity index (χ1n) is 7.18. The van der Waals surface area contributed by atoms with Crippen LogP contribution in [0.5, 0.6) is 0 Å². The van der Waals surface area contributed by atoms with Crippen LogP contribution in [0, 0.1) is 5.92 Å². The molecule has 0 aromatic carbocycles. The Labute approximate surface area is 116 Å². The van der Waals surface area contributed by atoms with E-state index in [0.717, 1.165) is 38.9 Å². The van der Waals surface area contributed by atoms with E-state index >= 15 is 0 Å². The van der Waals surface area contributed by atoms with Gasteiger partial charge in [-0.1, -0.05) is 6.92 Å². The van der Waals surface area contributed by atoms with Crippen LogP contribution in [-0.2, 0) is 9.59 Å². The molecule has 1 fully saturated rings. The fourth-order valence-corrected chi connectivity index (χ4v) is 2.19. The third kappa shape index (κ3) is 6.57. The Morgan fingerprint density at radius 3 is 2.47 bits per heavy atom. The summed E-state index contributed by atoms with van der Waals surface area (Å²) in [6.07, 6.45) is 3.01. The zero-order chi connectivity index (χ0) is 14.3. The summed E-state index contributed by atoms with van der Waals surface area (Å²) in [5.74, 6) is 0.517. The van der Waals surface area contributed by atoms with Gasteiger partial charge in [0.05, 0.1) is 0 Å². The second-order valence-corrected chi connectivity index (χ2v) is 5.75. The predicted octanol–water partition coefficient (Wildman–Crippen LogP) is 0.703. The molecule has 1 heterocycles. The van der Waals surface area contributed by atoms with E-state index in [9.17, 15) is 9.59 Å². The molecule has 1 aliphatic rings. The van der Waals surface area contributed by atoms with Crippen molar-refractivity contribution in [2.75, 3.05) is 40.3 Å². The van der Waals surface area contributed by atoms with Gasteiger partial charge in [0.1, 0.15) is 6.42 Å². The van der Waals surface area contributed by atoms with Crippen LogP contribution in [0.4, 0.5) is 0 Å². The van der Waals surface area contributed by atoms with E-state index in [4.69, 9.17) is 0 Å². The lowest BCUT2D eigenvalue weighted by molar-refractivity contribution is -0.137. The Hall–Kier alpha value is -1.10. The van der Waals surface area contributed by atoms with Crippen LogP contribution in [0.3, 0.4) is 0 Å². The SMILES string of the molecule is CC1CCN(C(=O)CC(=O)NCCCN(C)C)CC1. The molecular formula is C14H27N3O2. The number of piperidine rings is 1. The van der Waals surface area contributed by atoms with Crippen LogP contribution in [0.2, 0.25) is 0 Å². The monoisotopic (exact) mass is 269 g/mol. The molecule has 1 aliphatic heterocycles. The fourth-order valence-electron chi connectivity index (χ4n) is 2.19. The van der Waals surface area contributed by atoms with E-state index in [2.05, 4.69) is 17.1 Å². The van der Waals surface area contributed by atoms with Gasteiger partial charge in [-0.05, 0) is 45.8 Å². The molecule has 0 aromatic heterocycles. The predicted molar refractivity (Wildman–Crippen MR) is 75.8 cm³/mol. The molecule has 0 aromatic rings. The Bertz CT molecular complexity index is 297. The first-order valence-corrected chi connectivity index (χ1v) is 7.18. The lowest BCUT2D eigenvalue weighted by Crippen LogP contribution is -2.40. The van der Waals surface area contributed by atoms with Crippen molar-refractivity contribution in [1.29, 1.82) is 0 Å². The average Bonchev–Trinajstić information content (AvgIpc) is 2.35. The van der Waals surface area contributed by atoms with Crippen molar-refractivity contribution in [3.8, 4) is 0 Å². The van der Waals surface area contributed by atoms with Gasteiger partial charge in [0, 0.05) is 19.6 Å². The van der Waals surface area contributed by atoms with Gasteiger partial charge in [0.15, 0.2) is 0 Å². The molecule has 0 atom stereocenters. The number of amides is 2. The maximum atomic E-state index is 11.9. The molecule has 2 amide bonds. The molecular weight excluding hydrogens is 242 g/mol. The summed E-state index contributed by atoms with van der Waals surface area (Å²) in [6.45, 7) is 5.39. The van der Waals surface area contributed by atoms with E-state index in [0.29, 0.717) is 12.5 Å². The largest absolute Gasteiger partial charge is 0.356 e. The maximum absolute atomic E-state index is 11.9. The summed E-state index contributed by atoms with van der Waals surface area (Å²) >= 11 is 0. The van der Waals surface area contributed by atoms with E-state index in [1.807, 2.05) is 19.0 Å². The Kier molecular flexibility index (Phi) is 6.84. The summed E-state index contributed by atoms with van der Waals surface area (Å²) in [5.41, 5.74) is 0. The summed E-state index contributed by atoms with van der Waals surface area (Å²) in [4.78, 5) is 27.4. The van der Waals surface area contributed by atoms with Crippen LogP contribution in [0.1, 0.15) is 32.6 Å². The minimum Gasteiger partial charge on any atom is -0.356 e.